The first kappa shape index (κ1) is 21.1. The lowest BCUT2D eigenvalue weighted by Crippen LogP contribution is -2.12. The molecule has 1 heterocycles. The molecular formula is C21H13ClF3N3O2S. The topological polar surface area (TPSA) is 78.0 Å². The Labute approximate surface area is 180 Å². The first-order valence-corrected chi connectivity index (χ1v) is 10.7. The molecule has 4 rings (SSSR count). The maximum atomic E-state index is 14.5. The summed E-state index contributed by atoms with van der Waals surface area (Å²) in [5, 5.41) is 10.0. The van der Waals surface area contributed by atoms with Gasteiger partial charge in [0.25, 0.3) is 0 Å². The summed E-state index contributed by atoms with van der Waals surface area (Å²) in [5.74, 6) is -3.27. The Morgan fingerprint density at radius 1 is 0.871 bits per heavy atom. The summed E-state index contributed by atoms with van der Waals surface area (Å²) < 4.78 is 66.8. The molecule has 158 valence electrons. The SMILES string of the molecule is NS(=O)(=O)c1ccc(-n2nc(-c3ccc(Cl)cc3)cc2-c2c(F)cc(F)cc2F)cc1. The van der Waals surface area contributed by atoms with Gasteiger partial charge < -0.3 is 0 Å². The number of primary sulfonamides is 1. The Kier molecular flexibility index (Phi) is 5.34. The van der Waals surface area contributed by atoms with Crippen molar-refractivity contribution in [1.29, 1.82) is 0 Å². The highest BCUT2D eigenvalue weighted by molar-refractivity contribution is 7.89. The van der Waals surface area contributed by atoms with E-state index in [-0.39, 0.29) is 10.6 Å². The molecule has 0 spiro atoms. The highest BCUT2D eigenvalue weighted by Gasteiger charge is 2.21. The van der Waals surface area contributed by atoms with E-state index in [4.69, 9.17) is 16.7 Å². The number of aromatic nitrogens is 2. The highest BCUT2D eigenvalue weighted by atomic mass is 35.5. The van der Waals surface area contributed by atoms with Gasteiger partial charge in [-0.15, -0.1) is 0 Å². The van der Waals surface area contributed by atoms with E-state index in [0.29, 0.717) is 34.1 Å². The van der Waals surface area contributed by atoms with Crippen LogP contribution in [-0.4, -0.2) is 18.2 Å². The quantitative estimate of drug-likeness (QED) is 0.466. The largest absolute Gasteiger partial charge is 0.238 e. The summed E-state index contributed by atoms with van der Waals surface area (Å²) >= 11 is 5.92. The van der Waals surface area contributed by atoms with E-state index < -0.39 is 33.0 Å². The molecule has 0 saturated heterocycles. The van der Waals surface area contributed by atoms with Crippen LogP contribution in [0.5, 0.6) is 0 Å². The van der Waals surface area contributed by atoms with Gasteiger partial charge in [0.2, 0.25) is 10.0 Å². The standard InChI is InChI=1S/C21H13ClF3N3O2S/c22-13-3-1-12(2-4-13)19-11-20(21-17(24)9-14(23)10-18(21)25)28(27-19)15-5-7-16(8-6-15)31(26,29)30/h1-11H,(H2,26,29,30). The van der Waals surface area contributed by atoms with Crippen LogP contribution >= 0.6 is 11.6 Å². The van der Waals surface area contributed by atoms with E-state index in [1.807, 2.05) is 0 Å². The van der Waals surface area contributed by atoms with Crippen LogP contribution in [-0.2, 0) is 10.0 Å². The van der Waals surface area contributed by atoms with Gasteiger partial charge in [-0.3, -0.25) is 0 Å². The molecule has 0 fully saturated rings. The Balaban J connectivity index is 1.94. The molecule has 31 heavy (non-hydrogen) atoms. The van der Waals surface area contributed by atoms with Crippen LogP contribution in [0.15, 0.2) is 71.6 Å². The predicted octanol–water partition coefficient (Wildman–Crippen LogP) is 4.92. The van der Waals surface area contributed by atoms with Crippen LogP contribution in [0.2, 0.25) is 5.02 Å². The van der Waals surface area contributed by atoms with Gasteiger partial charge in [0.15, 0.2) is 0 Å². The van der Waals surface area contributed by atoms with E-state index in [9.17, 15) is 21.6 Å². The first-order valence-electron chi connectivity index (χ1n) is 8.77. The molecule has 0 aliphatic rings. The molecule has 4 aromatic rings. The maximum Gasteiger partial charge on any atom is 0.238 e. The lowest BCUT2D eigenvalue weighted by Gasteiger charge is -2.10. The molecule has 0 saturated carbocycles. The second-order valence-electron chi connectivity index (χ2n) is 6.62. The van der Waals surface area contributed by atoms with Crippen molar-refractivity contribution >= 4 is 21.6 Å². The van der Waals surface area contributed by atoms with Gasteiger partial charge in [-0.05, 0) is 42.5 Å². The summed E-state index contributed by atoms with van der Waals surface area (Å²) in [4.78, 5) is -0.137. The average molecular weight is 464 g/mol. The summed E-state index contributed by atoms with van der Waals surface area (Å²) in [6.45, 7) is 0. The lowest BCUT2D eigenvalue weighted by atomic mass is 10.1. The van der Waals surface area contributed by atoms with E-state index in [0.717, 1.165) is 0 Å². The number of nitrogens with two attached hydrogens (primary N) is 1. The Morgan fingerprint density at radius 3 is 2.00 bits per heavy atom. The minimum absolute atomic E-state index is 0.00306. The molecule has 3 aromatic carbocycles. The summed E-state index contributed by atoms with van der Waals surface area (Å²) in [5.41, 5.74) is 0.817. The fourth-order valence-corrected chi connectivity index (χ4v) is 3.72. The zero-order chi connectivity index (χ0) is 22.3. The number of rotatable bonds is 4. The van der Waals surface area contributed by atoms with E-state index in [1.54, 1.807) is 24.3 Å². The highest BCUT2D eigenvalue weighted by Crippen LogP contribution is 2.33. The van der Waals surface area contributed by atoms with Crippen molar-refractivity contribution in [2.75, 3.05) is 0 Å². The molecule has 0 amide bonds. The van der Waals surface area contributed by atoms with Gasteiger partial charge in [-0.1, -0.05) is 23.7 Å². The zero-order valence-electron chi connectivity index (χ0n) is 15.6. The fraction of sp³-hybridized carbons (Fsp3) is 0. The van der Waals surface area contributed by atoms with Gasteiger partial charge in [-0.2, -0.15) is 5.10 Å². The number of halogens is 4. The molecule has 10 heteroatoms. The third-order valence-electron chi connectivity index (χ3n) is 4.52. The van der Waals surface area contributed by atoms with Crippen molar-refractivity contribution < 1.29 is 21.6 Å². The zero-order valence-corrected chi connectivity index (χ0v) is 17.1. The summed E-state index contributed by atoms with van der Waals surface area (Å²) in [7, 11) is -3.93. The third kappa shape index (κ3) is 4.20. The fourth-order valence-electron chi connectivity index (χ4n) is 3.08. The van der Waals surface area contributed by atoms with Crippen LogP contribution in [0.25, 0.3) is 28.2 Å². The maximum absolute atomic E-state index is 14.5. The van der Waals surface area contributed by atoms with E-state index >= 15 is 0 Å². The molecule has 0 aliphatic heterocycles. The molecule has 0 unspecified atom stereocenters. The molecule has 2 N–H and O–H groups in total. The third-order valence-corrected chi connectivity index (χ3v) is 5.70. The normalized spacial score (nSPS) is 11.6. The monoisotopic (exact) mass is 463 g/mol. The van der Waals surface area contributed by atoms with Gasteiger partial charge in [0, 0.05) is 22.7 Å². The van der Waals surface area contributed by atoms with Crippen LogP contribution in [0.1, 0.15) is 0 Å². The Hall–Kier alpha value is -3.14. The van der Waals surface area contributed by atoms with Crippen molar-refractivity contribution in [3.63, 3.8) is 0 Å². The van der Waals surface area contributed by atoms with Gasteiger partial charge >= 0.3 is 0 Å². The molecule has 0 bridgehead atoms. The van der Waals surface area contributed by atoms with Crippen molar-refractivity contribution in [2.45, 2.75) is 4.90 Å². The second-order valence-corrected chi connectivity index (χ2v) is 8.61. The minimum atomic E-state index is -3.93. The smallest absolute Gasteiger partial charge is 0.232 e. The van der Waals surface area contributed by atoms with Crippen molar-refractivity contribution in [2.24, 2.45) is 5.14 Å². The molecular weight excluding hydrogens is 451 g/mol. The van der Waals surface area contributed by atoms with Gasteiger partial charge in [0.1, 0.15) is 17.5 Å². The molecule has 5 nitrogen and oxygen atoms in total. The molecule has 0 atom stereocenters. The van der Waals surface area contributed by atoms with Crippen molar-refractivity contribution in [3.8, 4) is 28.2 Å². The van der Waals surface area contributed by atoms with E-state index in [2.05, 4.69) is 5.10 Å². The lowest BCUT2D eigenvalue weighted by molar-refractivity contribution is 0.546. The van der Waals surface area contributed by atoms with Crippen molar-refractivity contribution in [3.05, 3.63) is 89.2 Å². The van der Waals surface area contributed by atoms with Crippen LogP contribution in [0.3, 0.4) is 0 Å². The van der Waals surface area contributed by atoms with E-state index in [1.165, 1.54) is 35.0 Å². The number of nitrogens with zero attached hydrogens (tertiary/aromatic N) is 2. The Bertz CT molecular complexity index is 1360. The van der Waals surface area contributed by atoms with Crippen LogP contribution in [0.4, 0.5) is 13.2 Å². The number of hydrogen-bond donors (Lipinski definition) is 1. The summed E-state index contributed by atoms with van der Waals surface area (Å²) in [6, 6.07) is 14.5. The molecule has 0 aliphatic carbocycles. The second kappa shape index (κ2) is 7.84. The number of hydrogen-bond acceptors (Lipinski definition) is 3. The minimum Gasteiger partial charge on any atom is -0.232 e. The molecule has 1 aromatic heterocycles. The number of sulfonamides is 1. The average Bonchev–Trinajstić information content (AvgIpc) is 3.12. The van der Waals surface area contributed by atoms with Crippen molar-refractivity contribution in [1.82, 2.24) is 9.78 Å². The predicted molar refractivity (Wildman–Crippen MR) is 111 cm³/mol. The first-order chi connectivity index (χ1) is 14.6. The van der Waals surface area contributed by atoms with Gasteiger partial charge in [-0.25, -0.2) is 31.4 Å². The molecule has 0 radical (unpaired) electrons. The summed E-state index contributed by atoms with van der Waals surface area (Å²) in [6.07, 6.45) is 0. The van der Waals surface area contributed by atoms with Crippen LogP contribution in [0, 0.1) is 17.5 Å². The van der Waals surface area contributed by atoms with Crippen LogP contribution < -0.4 is 5.14 Å². The van der Waals surface area contributed by atoms with Gasteiger partial charge in [0.05, 0.1) is 27.5 Å². The number of benzene rings is 3. The Morgan fingerprint density at radius 2 is 1.45 bits per heavy atom.